The number of carboxylic acids is 2. The van der Waals surface area contributed by atoms with Crippen molar-refractivity contribution in [2.45, 2.75) is 51.4 Å². The van der Waals surface area contributed by atoms with Gasteiger partial charge in [0, 0.05) is 12.8 Å². The minimum absolute atomic E-state index is 0.0632. The summed E-state index contributed by atoms with van der Waals surface area (Å²) < 4.78 is 0. The molecule has 2 N–H and O–H groups in total. The van der Waals surface area contributed by atoms with Gasteiger partial charge in [0.15, 0.2) is 0 Å². The SMILES string of the molecule is C1CCCC1.O=C(O)CCCC(=O)O. The summed E-state index contributed by atoms with van der Waals surface area (Å²) in [5, 5.41) is 16.1. The molecule has 4 heteroatoms. The average Bonchev–Trinajstić information content (AvgIpc) is 2.58. The predicted molar refractivity (Wildman–Crippen MR) is 52.2 cm³/mol. The van der Waals surface area contributed by atoms with Gasteiger partial charge < -0.3 is 10.2 Å². The Bertz CT molecular complexity index is 151. The Morgan fingerprint density at radius 3 is 1.29 bits per heavy atom. The fourth-order valence-corrected chi connectivity index (χ4v) is 1.27. The molecular weight excluding hydrogens is 184 g/mol. The van der Waals surface area contributed by atoms with E-state index in [0.29, 0.717) is 0 Å². The highest BCUT2D eigenvalue weighted by Crippen LogP contribution is 2.15. The summed E-state index contributed by atoms with van der Waals surface area (Å²) in [5.74, 6) is -1.90. The molecule has 0 aromatic heterocycles. The monoisotopic (exact) mass is 202 g/mol. The van der Waals surface area contributed by atoms with Crippen LogP contribution in [0.3, 0.4) is 0 Å². The fourth-order valence-electron chi connectivity index (χ4n) is 1.27. The van der Waals surface area contributed by atoms with E-state index in [1.807, 2.05) is 0 Å². The molecule has 0 aromatic carbocycles. The van der Waals surface area contributed by atoms with E-state index in [0.717, 1.165) is 0 Å². The van der Waals surface area contributed by atoms with E-state index < -0.39 is 11.9 Å². The van der Waals surface area contributed by atoms with Gasteiger partial charge in [0.25, 0.3) is 0 Å². The number of aliphatic carboxylic acids is 2. The number of carboxylic acid groups (broad SMARTS) is 2. The number of carbonyl (C=O) groups is 2. The number of hydrogen-bond acceptors (Lipinski definition) is 2. The van der Waals surface area contributed by atoms with Crippen LogP contribution in [0, 0.1) is 0 Å². The van der Waals surface area contributed by atoms with Crippen LogP contribution >= 0.6 is 0 Å². The van der Waals surface area contributed by atoms with Gasteiger partial charge >= 0.3 is 11.9 Å². The first kappa shape index (κ1) is 12.9. The molecule has 0 spiro atoms. The summed E-state index contributed by atoms with van der Waals surface area (Å²) in [5.41, 5.74) is 0. The molecule has 1 saturated carbocycles. The minimum Gasteiger partial charge on any atom is -0.481 e. The lowest BCUT2D eigenvalue weighted by Crippen LogP contribution is -1.98. The Morgan fingerprint density at radius 2 is 1.07 bits per heavy atom. The molecule has 0 bridgehead atoms. The van der Waals surface area contributed by atoms with Crippen LogP contribution in [0.4, 0.5) is 0 Å². The summed E-state index contributed by atoms with van der Waals surface area (Å²) in [6.45, 7) is 0. The second-order valence-corrected chi connectivity index (χ2v) is 3.41. The quantitative estimate of drug-likeness (QED) is 0.733. The van der Waals surface area contributed by atoms with Crippen molar-refractivity contribution in [1.82, 2.24) is 0 Å². The first-order valence-corrected chi connectivity index (χ1v) is 5.06. The first-order valence-electron chi connectivity index (χ1n) is 5.06. The summed E-state index contributed by atoms with van der Waals surface area (Å²) in [7, 11) is 0. The van der Waals surface area contributed by atoms with E-state index in [1.165, 1.54) is 32.1 Å². The molecule has 14 heavy (non-hydrogen) atoms. The summed E-state index contributed by atoms with van der Waals surface area (Å²) in [6.07, 6.45) is 7.59. The molecule has 0 unspecified atom stereocenters. The van der Waals surface area contributed by atoms with Crippen LogP contribution < -0.4 is 0 Å². The molecule has 0 amide bonds. The van der Waals surface area contributed by atoms with E-state index >= 15 is 0 Å². The normalized spacial score (nSPS) is 14.3. The fraction of sp³-hybridized carbons (Fsp3) is 0.800. The van der Waals surface area contributed by atoms with Crippen molar-refractivity contribution < 1.29 is 19.8 Å². The van der Waals surface area contributed by atoms with Crippen LogP contribution in [0.2, 0.25) is 0 Å². The molecule has 0 heterocycles. The smallest absolute Gasteiger partial charge is 0.303 e. The molecule has 0 aliphatic heterocycles. The molecular formula is C10H18O4. The van der Waals surface area contributed by atoms with Crippen molar-refractivity contribution in [3.05, 3.63) is 0 Å². The molecule has 1 aliphatic carbocycles. The van der Waals surface area contributed by atoms with Crippen molar-refractivity contribution in [2.75, 3.05) is 0 Å². The third kappa shape index (κ3) is 10.9. The van der Waals surface area contributed by atoms with Gasteiger partial charge in [-0.3, -0.25) is 9.59 Å². The maximum atomic E-state index is 9.79. The molecule has 82 valence electrons. The zero-order valence-electron chi connectivity index (χ0n) is 8.37. The van der Waals surface area contributed by atoms with Crippen LogP contribution in [0.5, 0.6) is 0 Å². The maximum absolute atomic E-state index is 9.79. The van der Waals surface area contributed by atoms with Crippen LogP contribution in [-0.4, -0.2) is 22.2 Å². The highest BCUT2D eigenvalue weighted by molar-refractivity contribution is 5.69. The first-order chi connectivity index (χ1) is 6.63. The molecule has 0 atom stereocenters. The molecule has 4 nitrogen and oxygen atoms in total. The molecule has 0 radical (unpaired) electrons. The molecule has 1 aliphatic rings. The average molecular weight is 202 g/mol. The minimum atomic E-state index is -0.948. The van der Waals surface area contributed by atoms with Crippen LogP contribution in [0.1, 0.15) is 51.4 Å². The Morgan fingerprint density at radius 1 is 0.786 bits per heavy atom. The molecule has 0 saturated heterocycles. The van der Waals surface area contributed by atoms with Crippen LogP contribution in [0.15, 0.2) is 0 Å². The van der Waals surface area contributed by atoms with E-state index in [2.05, 4.69) is 0 Å². The van der Waals surface area contributed by atoms with Gasteiger partial charge in [0.2, 0.25) is 0 Å². The van der Waals surface area contributed by atoms with Crippen molar-refractivity contribution in [3.63, 3.8) is 0 Å². The molecule has 1 fully saturated rings. The van der Waals surface area contributed by atoms with Crippen LogP contribution in [-0.2, 0) is 9.59 Å². The summed E-state index contributed by atoms with van der Waals surface area (Å²) in [6, 6.07) is 0. The topological polar surface area (TPSA) is 74.6 Å². The van der Waals surface area contributed by atoms with Crippen molar-refractivity contribution in [1.29, 1.82) is 0 Å². The van der Waals surface area contributed by atoms with Gasteiger partial charge in [-0.1, -0.05) is 32.1 Å². The van der Waals surface area contributed by atoms with Crippen LogP contribution in [0.25, 0.3) is 0 Å². The Hall–Kier alpha value is -1.06. The summed E-state index contributed by atoms with van der Waals surface area (Å²) >= 11 is 0. The third-order valence-electron chi connectivity index (χ3n) is 2.03. The van der Waals surface area contributed by atoms with Gasteiger partial charge in [0.1, 0.15) is 0 Å². The van der Waals surface area contributed by atoms with E-state index in [4.69, 9.17) is 10.2 Å². The lowest BCUT2D eigenvalue weighted by Gasteiger charge is -1.89. The second kappa shape index (κ2) is 8.53. The Labute approximate surface area is 83.9 Å². The predicted octanol–water partition coefficient (Wildman–Crippen LogP) is 2.28. The standard InChI is InChI=1S/C5H8O4.C5H10/c6-4(7)2-1-3-5(8)9;1-2-4-5-3-1/h1-3H2,(H,6,7)(H,8,9);1-5H2. The van der Waals surface area contributed by atoms with E-state index in [9.17, 15) is 9.59 Å². The highest BCUT2D eigenvalue weighted by Gasteiger charge is 1.99. The van der Waals surface area contributed by atoms with Gasteiger partial charge in [-0.25, -0.2) is 0 Å². The van der Waals surface area contributed by atoms with Crippen molar-refractivity contribution >= 4 is 11.9 Å². The lowest BCUT2D eigenvalue weighted by atomic mass is 10.2. The number of hydrogen-bond donors (Lipinski definition) is 2. The zero-order chi connectivity index (χ0) is 10.8. The third-order valence-corrected chi connectivity index (χ3v) is 2.03. The van der Waals surface area contributed by atoms with Crippen molar-refractivity contribution in [3.8, 4) is 0 Å². The van der Waals surface area contributed by atoms with Gasteiger partial charge in [0.05, 0.1) is 0 Å². The molecule has 1 rings (SSSR count). The van der Waals surface area contributed by atoms with Gasteiger partial charge in [-0.15, -0.1) is 0 Å². The largest absolute Gasteiger partial charge is 0.481 e. The second-order valence-electron chi connectivity index (χ2n) is 3.41. The number of rotatable bonds is 4. The maximum Gasteiger partial charge on any atom is 0.303 e. The van der Waals surface area contributed by atoms with Gasteiger partial charge in [-0.2, -0.15) is 0 Å². The lowest BCUT2D eigenvalue weighted by molar-refractivity contribution is -0.138. The Kier molecular flexibility index (Phi) is 7.89. The highest BCUT2D eigenvalue weighted by atomic mass is 16.4. The Balaban J connectivity index is 0.000000280. The van der Waals surface area contributed by atoms with Gasteiger partial charge in [-0.05, 0) is 6.42 Å². The molecule has 0 aromatic rings. The summed E-state index contributed by atoms with van der Waals surface area (Å²) in [4.78, 5) is 19.6. The van der Waals surface area contributed by atoms with E-state index in [1.54, 1.807) is 0 Å². The zero-order valence-corrected chi connectivity index (χ0v) is 8.37. The van der Waals surface area contributed by atoms with E-state index in [-0.39, 0.29) is 19.3 Å². The van der Waals surface area contributed by atoms with Crippen molar-refractivity contribution in [2.24, 2.45) is 0 Å².